The molecule has 5 heteroatoms. The van der Waals surface area contributed by atoms with Gasteiger partial charge in [-0.25, -0.2) is 15.0 Å². The van der Waals surface area contributed by atoms with Gasteiger partial charge >= 0.3 is 0 Å². The van der Waals surface area contributed by atoms with Crippen LogP contribution < -0.4 is 0 Å². The minimum absolute atomic E-state index is 0.937. The van der Waals surface area contributed by atoms with Crippen LogP contribution in [-0.2, 0) is 19.6 Å². The first-order chi connectivity index (χ1) is 7.92. The topological polar surface area (TPSA) is 46.8 Å². The summed E-state index contributed by atoms with van der Waals surface area (Å²) in [4.78, 5) is 14.7. The molecule has 1 aliphatic rings. The average Bonchev–Trinajstić information content (AvgIpc) is 2.95. The zero-order valence-electron chi connectivity index (χ0n) is 8.95. The predicted molar refractivity (Wildman–Crippen MR) is 58.4 cm³/mol. The van der Waals surface area contributed by atoms with Crippen molar-refractivity contribution in [1.82, 2.24) is 24.4 Å². The van der Waals surface area contributed by atoms with Gasteiger partial charge in [0.1, 0.15) is 6.33 Å². The largest absolute Gasteiger partial charge is 0.336 e. The first kappa shape index (κ1) is 9.47. The molecule has 0 atom stereocenters. The van der Waals surface area contributed by atoms with E-state index < -0.39 is 0 Å². The lowest BCUT2D eigenvalue weighted by atomic mass is 10.3. The number of imidazole rings is 1. The fourth-order valence-electron chi connectivity index (χ4n) is 2.00. The van der Waals surface area contributed by atoms with Crippen LogP contribution in [0, 0.1) is 0 Å². The highest BCUT2D eigenvalue weighted by atomic mass is 15.2. The van der Waals surface area contributed by atoms with E-state index in [-0.39, 0.29) is 0 Å². The highest BCUT2D eigenvalue weighted by Gasteiger charge is 2.19. The van der Waals surface area contributed by atoms with E-state index in [4.69, 9.17) is 0 Å². The van der Waals surface area contributed by atoms with Gasteiger partial charge in [0.2, 0.25) is 0 Å². The van der Waals surface area contributed by atoms with Crippen LogP contribution in [-0.4, -0.2) is 31.0 Å². The maximum absolute atomic E-state index is 4.28. The molecule has 0 saturated carbocycles. The first-order valence-electron chi connectivity index (χ1n) is 5.38. The van der Waals surface area contributed by atoms with Crippen molar-refractivity contribution in [3.63, 3.8) is 0 Å². The summed E-state index contributed by atoms with van der Waals surface area (Å²) in [6.07, 6.45) is 9.19. The normalized spacial score (nSPS) is 15.2. The Bertz CT molecular complexity index is 440. The van der Waals surface area contributed by atoms with Gasteiger partial charge in [0, 0.05) is 50.3 Å². The molecule has 2 aromatic rings. The van der Waals surface area contributed by atoms with Crippen LogP contribution >= 0.6 is 0 Å². The minimum atomic E-state index is 0.937. The third-order valence-corrected chi connectivity index (χ3v) is 2.88. The summed E-state index contributed by atoms with van der Waals surface area (Å²) in [5, 5.41) is 0. The van der Waals surface area contributed by atoms with Crippen molar-refractivity contribution < 1.29 is 0 Å². The van der Waals surface area contributed by atoms with Crippen molar-refractivity contribution in [1.29, 1.82) is 0 Å². The Kier molecular flexibility index (Phi) is 2.38. The van der Waals surface area contributed by atoms with Gasteiger partial charge in [-0.05, 0) is 0 Å². The molecule has 0 spiro atoms. The second kappa shape index (κ2) is 4.02. The van der Waals surface area contributed by atoms with E-state index in [2.05, 4.69) is 24.4 Å². The van der Waals surface area contributed by atoms with Crippen molar-refractivity contribution in [3.8, 4) is 0 Å². The maximum atomic E-state index is 4.28. The number of hydrogen-bond donors (Lipinski definition) is 0. The highest BCUT2D eigenvalue weighted by Crippen LogP contribution is 2.18. The van der Waals surface area contributed by atoms with Gasteiger partial charge in [0.05, 0.1) is 12.0 Å². The molecule has 0 amide bonds. The van der Waals surface area contributed by atoms with E-state index in [0.717, 1.165) is 26.2 Å². The SMILES string of the molecule is c1cn(CCN2Cc3cncnc3C2)cn1. The van der Waals surface area contributed by atoms with Gasteiger partial charge in [-0.15, -0.1) is 0 Å². The molecule has 1 aliphatic heterocycles. The Morgan fingerprint density at radius 2 is 2.19 bits per heavy atom. The summed E-state index contributed by atoms with van der Waals surface area (Å²) < 4.78 is 2.09. The van der Waals surface area contributed by atoms with E-state index in [1.165, 1.54) is 11.3 Å². The monoisotopic (exact) mass is 215 g/mol. The summed E-state index contributed by atoms with van der Waals surface area (Å²) in [5.41, 5.74) is 2.42. The Morgan fingerprint density at radius 3 is 3.00 bits per heavy atom. The molecule has 0 unspecified atom stereocenters. The van der Waals surface area contributed by atoms with Crippen LogP contribution in [0.3, 0.4) is 0 Å². The van der Waals surface area contributed by atoms with Gasteiger partial charge in [0.25, 0.3) is 0 Å². The van der Waals surface area contributed by atoms with Gasteiger partial charge in [0.15, 0.2) is 0 Å². The molecule has 3 rings (SSSR count). The Balaban J connectivity index is 1.60. The lowest BCUT2D eigenvalue weighted by Gasteiger charge is -2.14. The van der Waals surface area contributed by atoms with Crippen molar-refractivity contribution in [2.75, 3.05) is 6.54 Å². The molecule has 2 aromatic heterocycles. The van der Waals surface area contributed by atoms with Crippen LogP contribution in [0.15, 0.2) is 31.2 Å². The molecule has 0 fully saturated rings. The standard InChI is InChI=1S/C11H13N5/c1-2-15(9-12-1)3-4-16-6-10-5-13-8-14-11(10)7-16/h1-2,5,8-9H,3-4,6-7H2. The van der Waals surface area contributed by atoms with Gasteiger partial charge in [-0.2, -0.15) is 0 Å². The van der Waals surface area contributed by atoms with Gasteiger partial charge in [-0.3, -0.25) is 4.90 Å². The smallest absolute Gasteiger partial charge is 0.115 e. The number of hydrogen-bond acceptors (Lipinski definition) is 4. The Morgan fingerprint density at radius 1 is 1.19 bits per heavy atom. The molecule has 0 N–H and O–H groups in total. The van der Waals surface area contributed by atoms with Gasteiger partial charge < -0.3 is 4.57 Å². The fourth-order valence-corrected chi connectivity index (χ4v) is 2.00. The van der Waals surface area contributed by atoms with Crippen LogP contribution in [0.25, 0.3) is 0 Å². The molecular weight excluding hydrogens is 202 g/mol. The number of aromatic nitrogens is 4. The maximum Gasteiger partial charge on any atom is 0.115 e. The molecular formula is C11H13N5. The molecule has 0 aromatic carbocycles. The van der Waals surface area contributed by atoms with Crippen molar-refractivity contribution in [2.45, 2.75) is 19.6 Å². The third-order valence-electron chi connectivity index (χ3n) is 2.88. The van der Waals surface area contributed by atoms with E-state index in [1.54, 1.807) is 6.33 Å². The Labute approximate surface area is 93.8 Å². The van der Waals surface area contributed by atoms with Crippen molar-refractivity contribution in [3.05, 3.63) is 42.5 Å². The molecule has 82 valence electrons. The molecule has 0 aliphatic carbocycles. The summed E-state index contributed by atoms with van der Waals surface area (Å²) in [5.74, 6) is 0. The van der Waals surface area contributed by atoms with Crippen molar-refractivity contribution >= 4 is 0 Å². The number of nitrogens with zero attached hydrogens (tertiary/aromatic N) is 5. The van der Waals surface area contributed by atoms with Crippen molar-refractivity contribution in [2.24, 2.45) is 0 Å². The predicted octanol–water partition coefficient (Wildman–Crippen LogP) is 0.689. The zero-order chi connectivity index (χ0) is 10.8. The van der Waals surface area contributed by atoms with Crippen LogP contribution in [0.5, 0.6) is 0 Å². The lowest BCUT2D eigenvalue weighted by molar-refractivity contribution is 0.270. The molecule has 0 bridgehead atoms. The summed E-state index contributed by atoms with van der Waals surface area (Å²) in [6.45, 7) is 3.89. The molecule has 16 heavy (non-hydrogen) atoms. The quantitative estimate of drug-likeness (QED) is 0.755. The second-order valence-electron chi connectivity index (χ2n) is 4.01. The molecule has 0 radical (unpaired) electrons. The van der Waals surface area contributed by atoms with Gasteiger partial charge in [-0.1, -0.05) is 0 Å². The summed E-state index contributed by atoms with van der Waals surface area (Å²) in [7, 11) is 0. The number of rotatable bonds is 3. The fraction of sp³-hybridized carbons (Fsp3) is 0.364. The Hall–Kier alpha value is -1.75. The van der Waals surface area contributed by atoms with E-state index >= 15 is 0 Å². The van der Waals surface area contributed by atoms with E-state index in [0.29, 0.717) is 0 Å². The summed E-state index contributed by atoms with van der Waals surface area (Å²) >= 11 is 0. The second-order valence-corrected chi connectivity index (χ2v) is 4.01. The van der Waals surface area contributed by atoms with E-state index in [9.17, 15) is 0 Å². The summed E-state index contributed by atoms with van der Waals surface area (Å²) in [6, 6.07) is 0. The average molecular weight is 215 g/mol. The van der Waals surface area contributed by atoms with E-state index in [1.807, 2.05) is 24.9 Å². The number of fused-ring (bicyclic) bond motifs is 1. The third kappa shape index (κ3) is 1.81. The van der Waals surface area contributed by atoms with Crippen LogP contribution in [0.2, 0.25) is 0 Å². The molecule has 5 nitrogen and oxygen atoms in total. The highest BCUT2D eigenvalue weighted by molar-refractivity contribution is 5.19. The minimum Gasteiger partial charge on any atom is -0.336 e. The first-order valence-corrected chi connectivity index (χ1v) is 5.38. The van der Waals surface area contributed by atoms with Crippen LogP contribution in [0.1, 0.15) is 11.3 Å². The molecule has 3 heterocycles. The lowest BCUT2D eigenvalue weighted by Crippen LogP contribution is -2.21. The zero-order valence-corrected chi connectivity index (χ0v) is 8.95. The van der Waals surface area contributed by atoms with Crippen LogP contribution in [0.4, 0.5) is 0 Å². The molecule has 0 saturated heterocycles.